The van der Waals surface area contributed by atoms with Gasteiger partial charge in [0.25, 0.3) is 0 Å². The second-order valence-corrected chi connectivity index (χ2v) is 12.7. The van der Waals surface area contributed by atoms with E-state index in [-0.39, 0.29) is 0 Å². The zero-order valence-corrected chi connectivity index (χ0v) is 26.6. The van der Waals surface area contributed by atoms with Crippen molar-refractivity contribution in [3.05, 3.63) is 158 Å². The van der Waals surface area contributed by atoms with Crippen molar-refractivity contribution in [1.29, 1.82) is 0 Å². The number of rotatable bonds is 4. The molecule has 50 heavy (non-hydrogen) atoms. The lowest BCUT2D eigenvalue weighted by atomic mass is 10.0. The van der Waals surface area contributed by atoms with E-state index in [9.17, 15) is 0 Å². The highest BCUT2D eigenvalue weighted by Gasteiger charge is 2.22. The lowest BCUT2D eigenvalue weighted by Gasteiger charge is -2.25. The maximum Gasteiger partial charge on any atom is 0.228 e. The summed E-state index contributed by atoms with van der Waals surface area (Å²) in [7, 11) is 0. The molecule has 0 saturated carbocycles. The Hall–Kier alpha value is -6.85. The van der Waals surface area contributed by atoms with E-state index >= 15 is 0 Å². The lowest BCUT2D eigenvalue weighted by Crippen LogP contribution is -2.09. The minimum atomic E-state index is 0.572. The molecule has 0 saturated heterocycles. The molecule has 234 valence electrons. The van der Waals surface area contributed by atoms with E-state index in [4.69, 9.17) is 18.2 Å². The SMILES string of the molecule is c1ccc(N(c2ccc3c(c2)oc2cccc(-c4nc5cc6ccccc6cc5o4)c23)c2cccc3c2oc2ccc4ccccc4c23)cc1. The Bertz CT molecular complexity index is 3060. The van der Waals surface area contributed by atoms with Crippen LogP contribution in [0.4, 0.5) is 17.1 Å². The number of furan rings is 2. The third-order valence-corrected chi connectivity index (χ3v) is 9.85. The van der Waals surface area contributed by atoms with Gasteiger partial charge in [0.2, 0.25) is 5.89 Å². The van der Waals surface area contributed by atoms with E-state index in [1.807, 2.05) is 30.3 Å². The van der Waals surface area contributed by atoms with Crippen molar-refractivity contribution in [2.45, 2.75) is 0 Å². The highest BCUT2D eigenvalue weighted by Crippen LogP contribution is 2.45. The zero-order chi connectivity index (χ0) is 32.8. The van der Waals surface area contributed by atoms with E-state index in [2.05, 4.69) is 132 Å². The topological polar surface area (TPSA) is 55.6 Å². The number of aromatic nitrogens is 1. The molecule has 3 heterocycles. The number of fused-ring (bicyclic) bond motifs is 10. The van der Waals surface area contributed by atoms with Gasteiger partial charge in [0.05, 0.1) is 11.4 Å². The van der Waals surface area contributed by atoms with E-state index < -0.39 is 0 Å². The minimum absolute atomic E-state index is 0.572. The van der Waals surface area contributed by atoms with Crippen LogP contribution in [0.1, 0.15) is 0 Å². The molecule has 3 aromatic heterocycles. The number of anilines is 3. The molecule has 0 fully saturated rings. The van der Waals surface area contributed by atoms with Crippen LogP contribution in [0.25, 0.3) is 88.0 Å². The molecule has 0 radical (unpaired) electrons. The fourth-order valence-corrected chi connectivity index (χ4v) is 7.59. The third kappa shape index (κ3) is 3.98. The van der Waals surface area contributed by atoms with Crippen molar-refractivity contribution < 1.29 is 13.3 Å². The highest BCUT2D eigenvalue weighted by molar-refractivity contribution is 6.21. The predicted octanol–water partition coefficient (Wildman–Crippen LogP) is 13.1. The van der Waals surface area contributed by atoms with Gasteiger partial charge in [-0.25, -0.2) is 4.98 Å². The van der Waals surface area contributed by atoms with Crippen LogP contribution in [0.5, 0.6) is 0 Å². The number of benzene rings is 8. The molecular weight excluding hydrogens is 617 g/mol. The van der Waals surface area contributed by atoms with Crippen molar-refractivity contribution in [3.63, 3.8) is 0 Å². The van der Waals surface area contributed by atoms with Gasteiger partial charge in [-0.3, -0.25) is 0 Å². The second kappa shape index (κ2) is 10.3. The Balaban J connectivity index is 1.10. The monoisotopic (exact) mass is 642 g/mol. The van der Waals surface area contributed by atoms with Crippen LogP contribution < -0.4 is 4.90 Å². The Kier molecular flexibility index (Phi) is 5.60. The van der Waals surface area contributed by atoms with Gasteiger partial charge in [-0.1, -0.05) is 91.0 Å². The summed E-state index contributed by atoms with van der Waals surface area (Å²) >= 11 is 0. The Morgan fingerprint density at radius 3 is 2.08 bits per heavy atom. The van der Waals surface area contributed by atoms with E-state index in [0.717, 1.165) is 88.4 Å². The summed E-state index contributed by atoms with van der Waals surface area (Å²) < 4.78 is 19.6. The van der Waals surface area contributed by atoms with Gasteiger partial charge in [-0.15, -0.1) is 0 Å². The van der Waals surface area contributed by atoms with E-state index in [0.29, 0.717) is 5.89 Å². The second-order valence-electron chi connectivity index (χ2n) is 12.7. The molecule has 0 aliphatic rings. The molecule has 8 aromatic carbocycles. The molecule has 5 heteroatoms. The van der Waals surface area contributed by atoms with Crippen LogP contribution >= 0.6 is 0 Å². The van der Waals surface area contributed by atoms with Gasteiger partial charge >= 0.3 is 0 Å². The summed E-state index contributed by atoms with van der Waals surface area (Å²) in [6.45, 7) is 0. The molecule has 0 N–H and O–H groups in total. The van der Waals surface area contributed by atoms with Crippen LogP contribution in [-0.4, -0.2) is 4.98 Å². The van der Waals surface area contributed by atoms with Crippen LogP contribution in [0.3, 0.4) is 0 Å². The minimum Gasteiger partial charge on any atom is -0.456 e. The average molecular weight is 643 g/mol. The largest absolute Gasteiger partial charge is 0.456 e. The molecule has 11 aromatic rings. The summed E-state index contributed by atoms with van der Waals surface area (Å²) in [5.41, 5.74) is 8.66. The maximum atomic E-state index is 6.68. The first-order chi connectivity index (χ1) is 24.8. The molecular formula is C45H26N2O3. The quantitative estimate of drug-likeness (QED) is 0.191. The van der Waals surface area contributed by atoms with Gasteiger partial charge < -0.3 is 18.2 Å². The number of oxazole rings is 1. The van der Waals surface area contributed by atoms with Gasteiger partial charge in [0, 0.05) is 38.9 Å². The first kappa shape index (κ1) is 27.1. The van der Waals surface area contributed by atoms with Gasteiger partial charge in [0.1, 0.15) is 22.3 Å². The normalized spacial score (nSPS) is 12.0. The van der Waals surface area contributed by atoms with Gasteiger partial charge in [-0.2, -0.15) is 0 Å². The first-order valence-corrected chi connectivity index (χ1v) is 16.7. The molecule has 0 bridgehead atoms. The Morgan fingerprint density at radius 2 is 1.18 bits per heavy atom. The Labute approximate surface area is 285 Å². The highest BCUT2D eigenvalue weighted by atomic mass is 16.4. The van der Waals surface area contributed by atoms with Crippen molar-refractivity contribution in [1.82, 2.24) is 4.98 Å². The fraction of sp³-hybridized carbons (Fsp3) is 0. The smallest absolute Gasteiger partial charge is 0.228 e. The summed E-state index contributed by atoms with van der Waals surface area (Å²) in [4.78, 5) is 7.18. The first-order valence-electron chi connectivity index (χ1n) is 16.7. The fourth-order valence-electron chi connectivity index (χ4n) is 7.59. The van der Waals surface area contributed by atoms with Gasteiger partial charge in [-0.05, 0) is 82.2 Å². The van der Waals surface area contributed by atoms with Crippen LogP contribution in [0, 0.1) is 0 Å². The van der Waals surface area contributed by atoms with E-state index in [1.165, 1.54) is 10.8 Å². The number of para-hydroxylation sites is 2. The molecule has 5 nitrogen and oxygen atoms in total. The van der Waals surface area contributed by atoms with E-state index in [1.54, 1.807) is 0 Å². The zero-order valence-electron chi connectivity index (χ0n) is 26.6. The van der Waals surface area contributed by atoms with Crippen molar-refractivity contribution >= 4 is 93.6 Å². The molecule has 0 unspecified atom stereocenters. The maximum absolute atomic E-state index is 6.68. The van der Waals surface area contributed by atoms with Crippen LogP contribution in [0.15, 0.2) is 171 Å². The average Bonchev–Trinajstić information content (AvgIpc) is 3.87. The molecule has 0 amide bonds. The predicted molar refractivity (Wildman–Crippen MR) is 204 cm³/mol. The molecule has 0 aliphatic heterocycles. The summed E-state index contributed by atoms with van der Waals surface area (Å²) in [6, 6.07) is 54.3. The van der Waals surface area contributed by atoms with Gasteiger partial charge in [0.15, 0.2) is 11.2 Å². The summed E-state index contributed by atoms with van der Waals surface area (Å²) in [6.07, 6.45) is 0. The summed E-state index contributed by atoms with van der Waals surface area (Å²) in [5.74, 6) is 0.572. The number of nitrogens with zero attached hydrogens (tertiary/aromatic N) is 2. The molecule has 0 aliphatic carbocycles. The molecule has 11 rings (SSSR count). The van der Waals surface area contributed by atoms with Crippen molar-refractivity contribution in [2.24, 2.45) is 0 Å². The molecule has 0 atom stereocenters. The summed E-state index contributed by atoms with van der Waals surface area (Å²) in [5, 5.41) is 8.80. The third-order valence-electron chi connectivity index (χ3n) is 9.85. The molecule has 0 spiro atoms. The standard InChI is InChI=1S/C45H26N2O3/c1-2-13-30(14-3-1)47(37-18-8-16-34-42-32-15-7-6-10-27(32)20-23-39(42)49-44(34)37)31-21-22-33-40(26-31)48-38-19-9-17-35(43(33)38)45-46-36-24-28-11-4-5-12-29(28)25-41(36)50-45/h1-26H. The van der Waals surface area contributed by atoms with Crippen LogP contribution in [-0.2, 0) is 0 Å². The lowest BCUT2D eigenvalue weighted by molar-refractivity contribution is 0.620. The Morgan fingerprint density at radius 1 is 0.420 bits per heavy atom. The van der Waals surface area contributed by atoms with Crippen LogP contribution in [0.2, 0.25) is 0 Å². The van der Waals surface area contributed by atoms with Crippen molar-refractivity contribution in [3.8, 4) is 11.5 Å². The number of hydrogen-bond acceptors (Lipinski definition) is 5. The van der Waals surface area contributed by atoms with Crippen molar-refractivity contribution in [2.75, 3.05) is 4.90 Å². The number of hydrogen-bond donors (Lipinski definition) is 0.